The Morgan fingerprint density at radius 1 is 1.12 bits per heavy atom. The number of rotatable bonds is 7. The van der Waals surface area contributed by atoms with Gasteiger partial charge in [-0.3, -0.25) is 9.52 Å². The number of fused-ring (bicyclic) bond motifs is 1. The van der Waals surface area contributed by atoms with Crippen LogP contribution in [0.1, 0.15) is 45.8 Å². The lowest BCUT2D eigenvalue weighted by Gasteiger charge is -2.18. The van der Waals surface area contributed by atoms with Crippen molar-refractivity contribution in [2.45, 2.75) is 35.2 Å². The Bertz CT molecular complexity index is 1970. The lowest BCUT2D eigenvalue weighted by atomic mass is 10.0. The molecule has 2 heterocycles. The summed E-state index contributed by atoms with van der Waals surface area (Å²) in [5.74, 6) is -0.509. The number of amides is 1. The molecule has 42 heavy (non-hydrogen) atoms. The summed E-state index contributed by atoms with van der Waals surface area (Å²) in [6, 6.07) is 13.8. The van der Waals surface area contributed by atoms with Crippen LogP contribution in [-0.2, 0) is 37.4 Å². The molecule has 3 N–H and O–H groups in total. The number of aromatic amines is 1. The van der Waals surface area contributed by atoms with Crippen LogP contribution >= 0.6 is 11.6 Å². The molecule has 0 saturated carbocycles. The number of nitrogens with zero attached hydrogens (tertiary/aromatic N) is 2. The van der Waals surface area contributed by atoms with Crippen LogP contribution in [-0.4, -0.2) is 32.7 Å². The Labute approximate surface area is 242 Å². The number of hydrogen-bond donors (Lipinski definition) is 3. The van der Waals surface area contributed by atoms with Crippen molar-refractivity contribution in [1.82, 2.24) is 19.4 Å². The number of alkyl halides is 3. The topological polar surface area (TPSA) is 162 Å². The van der Waals surface area contributed by atoms with Gasteiger partial charge in [0.25, 0.3) is 0 Å². The number of H-pyrrole nitrogens is 1. The first kappa shape index (κ1) is 29.5. The molecule has 3 aromatic carbocycles. The Morgan fingerprint density at radius 2 is 1.83 bits per heavy atom. The van der Waals surface area contributed by atoms with Crippen molar-refractivity contribution in [3.05, 3.63) is 93.8 Å². The molecule has 0 bridgehead atoms. The number of nitriles is 1. The number of hydrogen-bond acceptors (Lipinski definition) is 7. The molecule has 5 rings (SSSR count). The number of aromatic nitrogens is 2. The van der Waals surface area contributed by atoms with E-state index in [1.165, 1.54) is 24.3 Å². The molecule has 4 aromatic rings. The molecule has 1 amide bonds. The molecular formula is C26H19ClF3N5O5S2. The summed E-state index contributed by atoms with van der Waals surface area (Å²) in [4.78, 5) is 18.3. The predicted molar refractivity (Wildman–Crippen MR) is 145 cm³/mol. The summed E-state index contributed by atoms with van der Waals surface area (Å²) >= 11 is 5.66. The van der Waals surface area contributed by atoms with Gasteiger partial charge in [0.2, 0.25) is 26.0 Å². The van der Waals surface area contributed by atoms with Crippen molar-refractivity contribution in [3.8, 4) is 6.07 Å². The van der Waals surface area contributed by atoms with E-state index in [0.29, 0.717) is 33.8 Å². The highest BCUT2D eigenvalue weighted by molar-refractivity contribution is 7.90. The maximum absolute atomic E-state index is 13.4. The van der Waals surface area contributed by atoms with E-state index in [2.05, 4.69) is 14.7 Å². The van der Waals surface area contributed by atoms with Crippen LogP contribution in [0.25, 0.3) is 11.0 Å². The first-order valence-electron chi connectivity index (χ1n) is 12.1. The van der Waals surface area contributed by atoms with Crippen LogP contribution in [0.15, 0.2) is 65.6 Å². The van der Waals surface area contributed by atoms with Gasteiger partial charge >= 0.3 is 6.18 Å². The Balaban J connectivity index is 1.51. The van der Waals surface area contributed by atoms with E-state index in [9.17, 15) is 40.1 Å². The predicted octanol–water partition coefficient (Wildman–Crippen LogP) is 4.26. The van der Waals surface area contributed by atoms with E-state index in [-0.39, 0.29) is 18.7 Å². The third-order valence-electron chi connectivity index (χ3n) is 6.60. The van der Waals surface area contributed by atoms with Crippen molar-refractivity contribution >= 4 is 48.6 Å². The fraction of sp³-hybridized carbons (Fsp3) is 0.192. The normalized spacial score (nSPS) is 17.6. The van der Waals surface area contributed by atoms with Crippen molar-refractivity contribution in [3.63, 3.8) is 0 Å². The summed E-state index contributed by atoms with van der Waals surface area (Å²) in [6.07, 6.45) is -5.19. The molecule has 0 radical (unpaired) electrons. The molecule has 1 aliphatic heterocycles. The number of carbonyl (C=O) groups is 1. The summed E-state index contributed by atoms with van der Waals surface area (Å²) in [6.45, 7) is 0. The van der Waals surface area contributed by atoms with Crippen molar-refractivity contribution in [1.29, 1.82) is 5.26 Å². The average Bonchev–Trinajstić information content (AvgIpc) is 3.46. The quantitative estimate of drug-likeness (QED) is 0.273. The zero-order valence-corrected chi connectivity index (χ0v) is 23.5. The van der Waals surface area contributed by atoms with Crippen molar-refractivity contribution in [2.75, 3.05) is 0 Å². The van der Waals surface area contributed by atoms with Crippen molar-refractivity contribution < 1.29 is 34.8 Å². The number of halogens is 4. The second-order valence-corrected chi connectivity index (χ2v) is 13.5. The molecule has 0 spiro atoms. The van der Waals surface area contributed by atoms with E-state index in [0.717, 1.165) is 12.1 Å². The second kappa shape index (κ2) is 10.7. The van der Waals surface area contributed by atoms with E-state index in [1.54, 1.807) is 18.2 Å². The van der Waals surface area contributed by atoms with Gasteiger partial charge in [-0.25, -0.2) is 26.5 Å². The summed E-state index contributed by atoms with van der Waals surface area (Å²) in [5, 5.41) is 7.47. The van der Waals surface area contributed by atoms with Crippen molar-refractivity contribution in [2.24, 2.45) is 0 Å². The molecular weight excluding hydrogens is 619 g/mol. The van der Waals surface area contributed by atoms with Crippen LogP contribution in [0.5, 0.6) is 0 Å². The van der Waals surface area contributed by atoms with Gasteiger partial charge in [0.15, 0.2) is 0 Å². The number of imidazole rings is 1. The Kier molecular flexibility index (Phi) is 7.52. The molecule has 10 nitrogen and oxygen atoms in total. The fourth-order valence-electron chi connectivity index (χ4n) is 4.55. The zero-order valence-electron chi connectivity index (χ0n) is 21.1. The highest BCUT2D eigenvalue weighted by Gasteiger charge is 2.38. The third-order valence-corrected chi connectivity index (χ3v) is 10.1. The summed E-state index contributed by atoms with van der Waals surface area (Å²) in [5.41, 5.74) is 0.716. The lowest BCUT2D eigenvalue weighted by molar-refractivity contribution is -0.137. The summed E-state index contributed by atoms with van der Waals surface area (Å²) in [7, 11) is -8.45. The lowest BCUT2D eigenvalue weighted by Crippen LogP contribution is -2.31. The number of benzene rings is 3. The van der Waals surface area contributed by atoms with Crippen LogP contribution in [0.3, 0.4) is 0 Å². The van der Waals surface area contributed by atoms with Gasteiger partial charge in [-0.15, -0.1) is 0 Å². The van der Waals surface area contributed by atoms with Gasteiger partial charge in [-0.1, -0.05) is 35.9 Å². The largest absolute Gasteiger partial charge is 0.417 e. The minimum Gasteiger partial charge on any atom is -0.341 e. The average molecular weight is 638 g/mol. The molecule has 0 aliphatic carbocycles. The zero-order chi connectivity index (χ0) is 30.4. The summed E-state index contributed by atoms with van der Waals surface area (Å²) < 4.78 is 95.7. The van der Waals surface area contributed by atoms with Gasteiger partial charge in [0.1, 0.15) is 11.1 Å². The molecule has 1 aromatic heterocycles. The maximum Gasteiger partial charge on any atom is 0.417 e. The second-order valence-electron chi connectivity index (χ2n) is 9.49. The molecule has 218 valence electrons. The number of nitrogens with one attached hydrogen (secondary N) is 3. The smallest absolute Gasteiger partial charge is 0.341 e. The Morgan fingerprint density at radius 3 is 2.45 bits per heavy atom. The number of carbonyl (C=O) groups excluding carboxylic acids is 1. The minimum atomic E-state index is -4.89. The molecule has 2 atom stereocenters. The highest BCUT2D eigenvalue weighted by Crippen LogP contribution is 2.36. The standard InChI is InChI=1S/C26H19ClF3N5O5S2/c27-19-7-6-17(11-18(19)26(28,29)30)41(37,38)34-22(25-32-20-8-3-15(13-31)10-21(20)33-25)9-14-1-4-16(5-2-14)23-12-24(36)35-42(23,39)40/h1-8,10-11,22-23,34H,9,12H2,(H,32,33)(H,35,36)/t22-,23?/m0/s1. The van der Waals surface area contributed by atoms with Crippen LogP contribution < -0.4 is 9.44 Å². The van der Waals surface area contributed by atoms with Crippen LogP contribution in [0.2, 0.25) is 5.02 Å². The van der Waals surface area contributed by atoms with Crippen LogP contribution in [0, 0.1) is 11.3 Å². The van der Waals surface area contributed by atoms with E-state index < -0.39 is 58.9 Å². The minimum absolute atomic E-state index is 0.0568. The highest BCUT2D eigenvalue weighted by atomic mass is 35.5. The SMILES string of the molecule is N#Cc1ccc2nc([C@H](Cc3ccc(C4CC(=O)NS4(=O)=O)cc3)NS(=O)(=O)c3ccc(Cl)c(C(F)(F)F)c3)[nH]c2c1. The van der Waals surface area contributed by atoms with E-state index >= 15 is 0 Å². The number of sulfonamides is 2. The van der Waals surface area contributed by atoms with Gasteiger partial charge in [-0.05, 0) is 53.9 Å². The van der Waals surface area contributed by atoms with Gasteiger partial charge in [-0.2, -0.15) is 18.4 Å². The maximum atomic E-state index is 13.4. The van der Waals surface area contributed by atoms with Gasteiger partial charge in [0.05, 0.1) is 50.6 Å². The molecule has 1 aliphatic rings. The molecule has 1 saturated heterocycles. The molecule has 1 fully saturated rings. The fourth-order valence-corrected chi connectivity index (χ4v) is 7.43. The van der Waals surface area contributed by atoms with E-state index in [1.807, 2.05) is 10.8 Å². The monoisotopic (exact) mass is 637 g/mol. The van der Waals surface area contributed by atoms with Gasteiger partial charge in [0, 0.05) is 0 Å². The molecule has 1 unspecified atom stereocenters. The van der Waals surface area contributed by atoms with Crippen LogP contribution in [0.4, 0.5) is 13.2 Å². The van der Waals surface area contributed by atoms with E-state index in [4.69, 9.17) is 11.6 Å². The van der Waals surface area contributed by atoms with Gasteiger partial charge < -0.3 is 4.98 Å². The first-order chi connectivity index (χ1) is 19.7. The molecule has 16 heteroatoms. The third kappa shape index (κ3) is 5.97. The Hall–Kier alpha value is -3.97. The first-order valence-corrected chi connectivity index (χ1v) is 15.5.